The van der Waals surface area contributed by atoms with E-state index in [2.05, 4.69) is 82.7 Å². The minimum atomic E-state index is 1.11. The van der Waals surface area contributed by atoms with Crippen LogP contribution in [-0.2, 0) is 0 Å². The van der Waals surface area contributed by atoms with Crippen molar-refractivity contribution in [1.82, 2.24) is 0 Å². The van der Waals surface area contributed by atoms with Crippen LogP contribution in [-0.4, -0.2) is 0 Å². The molecular weight excluding hydrogens is 308 g/mol. The smallest absolute Gasteiger partial charge is 0.0622 e. The Hall–Kier alpha value is -1.86. The Bertz CT molecular complexity index is 635. The highest BCUT2D eigenvalue weighted by molar-refractivity contribution is 9.10. The van der Waals surface area contributed by atoms with E-state index >= 15 is 0 Å². The van der Waals surface area contributed by atoms with E-state index in [-0.39, 0.29) is 0 Å². The fourth-order valence-corrected chi connectivity index (χ4v) is 2.83. The molecule has 0 aliphatic rings. The maximum atomic E-state index is 3.67. The first-order valence-electron chi connectivity index (χ1n) is 6.59. The Labute approximate surface area is 128 Å². The van der Waals surface area contributed by atoms with E-state index in [9.17, 15) is 0 Å². The van der Waals surface area contributed by atoms with Crippen LogP contribution >= 0.6 is 15.9 Å². The Morgan fingerprint density at radius 3 is 1.50 bits per heavy atom. The van der Waals surface area contributed by atoms with Crippen molar-refractivity contribution in [3.63, 3.8) is 0 Å². The molecule has 0 N–H and O–H groups in total. The summed E-state index contributed by atoms with van der Waals surface area (Å²) in [6, 6.07) is 29.4. The second-order valence-electron chi connectivity index (χ2n) is 4.59. The van der Waals surface area contributed by atoms with Crippen LogP contribution in [0.4, 0.5) is 0 Å². The molecule has 0 amide bonds. The normalized spacial score (nSPS) is 10.7. The summed E-state index contributed by atoms with van der Waals surface area (Å²) in [4.78, 5) is 0. The maximum absolute atomic E-state index is 3.67. The van der Waals surface area contributed by atoms with Crippen molar-refractivity contribution in [1.29, 1.82) is 0 Å². The average Bonchev–Trinajstić information content (AvgIpc) is 2.52. The lowest BCUT2D eigenvalue weighted by molar-refractivity contribution is 1.22. The summed E-state index contributed by atoms with van der Waals surface area (Å²) in [5, 5.41) is 0. The molecule has 20 heavy (non-hydrogen) atoms. The Balaban J connectivity index is 2.17. The third-order valence-corrected chi connectivity index (χ3v) is 3.96. The highest BCUT2D eigenvalue weighted by Crippen LogP contribution is 2.34. The molecule has 0 saturated heterocycles. The quantitative estimate of drug-likeness (QED) is 0.561. The van der Waals surface area contributed by atoms with Crippen molar-refractivity contribution in [3.05, 3.63) is 112 Å². The molecule has 0 spiro atoms. The van der Waals surface area contributed by atoms with Gasteiger partial charge in [0.05, 0.1) is 5.92 Å². The summed E-state index contributed by atoms with van der Waals surface area (Å²) in [5.74, 6) is 1.25. The second-order valence-corrected chi connectivity index (χ2v) is 5.44. The Morgan fingerprint density at radius 2 is 1.00 bits per heavy atom. The lowest BCUT2D eigenvalue weighted by atomic mass is 9.85. The van der Waals surface area contributed by atoms with E-state index in [0.29, 0.717) is 0 Å². The van der Waals surface area contributed by atoms with Gasteiger partial charge in [-0.3, -0.25) is 0 Å². The van der Waals surface area contributed by atoms with Crippen LogP contribution in [0.3, 0.4) is 0 Å². The largest absolute Gasteiger partial charge is 0.0640 e. The van der Waals surface area contributed by atoms with Crippen LogP contribution in [0.2, 0.25) is 0 Å². The predicted octanol–water partition coefficient (Wildman–Crippen LogP) is 5.47. The van der Waals surface area contributed by atoms with Gasteiger partial charge in [0.2, 0.25) is 0 Å². The SMILES string of the molecule is Brc1ccccc1[C](c1ccccc1)c1ccccc1. The molecule has 0 aliphatic carbocycles. The van der Waals surface area contributed by atoms with Gasteiger partial charge in [-0.1, -0.05) is 94.8 Å². The standard InChI is InChI=1S/C19H14Br/c20-18-14-8-7-13-17(18)19(15-9-3-1-4-10-15)16-11-5-2-6-12-16/h1-14H. The van der Waals surface area contributed by atoms with Gasteiger partial charge in [-0.25, -0.2) is 0 Å². The number of rotatable bonds is 3. The summed E-state index contributed by atoms with van der Waals surface area (Å²) in [6.07, 6.45) is 0. The molecule has 97 valence electrons. The molecule has 3 aromatic carbocycles. The van der Waals surface area contributed by atoms with Crippen LogP contribution in [0, 0.1) is 5.92 Å². The van der Waals surface area contributed by atoms with Gasteiger partial charge in [0.15, 0.2) is 0 Å². The number of hydrogen-bond acceptors (Lipinski definition) is 0. The van der Waals surface area contributed by atoms with Crippen molar-refractivity contribution in [2.45, 2.75) is 0 Å². The Kier molecular flexibility index (Phi) is 3.98. The van der Waals surface area contributed by atoms with Gasteiger partial charge in [-0.05, 0) is 22.8 Å². The molecule has 0 aromatic heterocycles. The molecule has 3 aromatic rings. The topological polar surface area (TPSA) is 0 Å². The first kappa shape index (κ1) is 13.1. The zero-order valence-corrected chi connectivity index (χ0v) is 12.5. The third-order valence-electron chi connectivity index (χ3n) is 3.27. The van der Waals surface area contributed by atoms with Crippen molar-refractivity contribution >= 4 is 15.9 Å². The van der Waals surface area contributed by atoms with Gasteiger partial charge in [-0.15, -0.1) is 0 Å². The summed E-state index contributed by atoms with van der Waals surface area (Å²) in [6.45, 7) is 0. The van der Waals surface area contributed by atoms with E-state index in [0.717, 1.165) is 4.47 Å². The fourth-order valence-electron chi connectivity index (χ4n) is 2.35. The molecule has 0 nitrogen and oxygen atoms in total. The molecule has 0 saturated carbocycles. The van der Waals surface area contributed by atoms with Gasteiger partial charge < -0.3 is 0 Å². The van der Waals surface area contributed by atoms with Crippen molar-refractivity contribution in [2.24, 2.45) is 0 Å². The maximum Gasteiger partial charge on any atom is 0.0640 e. The lowest BCUT2D eigenvalue weighted by Gasteiger charge is -2.19. The van der Waals surface area contributed by atoms with Gasteiger partial charge >= 0.3 is 0 Å². The van der Waals surface area contributed by atoms with Crippen LogP contribution in [0.25, 0.3) is 0 Å². The van der Waals surface area contributed by atoms with Gasteiger partial charge in [0.1, 0.15) is 0 Å². The first-order valence-corrected chi connectivity index (χ1v) is 7.38. The van der Waals surface area contributed by atoms with Crippen molar-refractivity contribution in [3.8, 4) is 0 Å². The zero-order chi connectivity index (χ0) is 13.8. The highest BCUT2D eigenvalue weighted by atomic mass is 79.9. The molecule has 0 heterocycles. The van der Waals surface area contributed by atoms with Gasteiger partial charge in [0, 0.05) is 4.47 Å². The van der Waals surface area contributed by atoms with E-state index in [1.807, 2.05) is 18.2 Å². The van der Waals surface area contributed by atoms with E-state index in [1.54, 1.807) is 0 Å². The van der Waals surface area contributed by atoms with Crippen molar-refractivity contribution < 1.29 is 0 Å². The van der Waals surface area contributed by atoms with Crippen LogP contribution in [0.1, 0.15) is 16.7 Å². The van der Waals surface area contributed by atoms with Crippen LogP contribution in [0.15, 0.2) is 89.4 Å². The Morgan fingerprint density at radius 1 is 0.550 bits per heavy atom. The van der Waals surface area contributed by atoms with Gasteiger partial charge in [-0.2, -0.15) is 0 Å². The minimum Gasteiger partial charge on any atom is -0.0622 e. The fraction of sp³-hybridized carbons (Fsp3) is 0. The van der Waals surface area contributed by atoms with Gasteiger partial charge in [0.25, 0.3) is 0 Å². The van der Waals surface area contributed by atoms with Crippen molar-refractivity contribution in [2.75, 3.05) is 0 Å². The summed E-state index contributed by atoms with van der Waals surface area (Å²) in [5.41, 5.74) is 3.67. The summed E-state index contributed by atoms with van der Waals surface area (Å²) in [7, 11) is 0. The minimum absolute atomic E-state index is 1.11. The third kappa shape index (κ3) is 2.68. The number of halogens is 1. The zero-order valence-electron chi connectivity index (χ0n) is 11.0. The molecule has 3 rings (SSSR count). The second kappa shape index (κ2) is 6.06. The molecule has 0 atom stereocenters. The summed E-state index contributed by atoms with van der Waals surface area (Å²) < 4.78 is 1.11. The van der Waals surface area contributed by atoms with E-state index in [1.165, 1.54) is 22.6 Å². The monoisotopic (exact) mass is 321 g/mol. The summed E-state index contributed by atoms with van der Waals surface area (Å²) >= 11 is 3.67. The molecule has 0 bridgehead atoms. The molecule has 1 heteroatoms. The molecule has 0 aliphatic heterocycles. The predicted molar refractivity (Wildman–Crippen MR) is 87.6 cm³/mol. The highest BCUT2D eigenvalue weighted by Gasteiger charge is 2.19. The average molecular weight is 322 g/mol. The molecule has 0 fully saturated rings. The van der Waals surface area contributed by atoms with E-state index < -0.39 is 0 Å². The van der Waals surface area contributed by atoms with E-state index in [4.69, 9.17) is 0 Å². The molecule has 1 radical (unpaired) electrons. The number of hydrogen-bond donors (Lipinski definition) is 0. The molecular formula is C19H14Br. The van der Waals surface area contributed by atoms with Crippen LogP contribution in [0.5, 0.6) is 0 Å². The first-order chi connectivity index (χ1) is 9.86. The molecule has 0 unspecified atom stereocenters. The number of benzene rings is 3. The van der Waals surface area contributed by atoms with Crippen LogP contribution < -0.4 is 0 Å². The lowest BCUT2D eigenvalue weighted by Crippen LogP contribution is -2.04.